The maximum absolute atomic E-state index is 11.1. The minimum Gasteiger partial charge on any atom is -0.378 e. The summed E-state index contributed by atoms with van der Waals surface area (Å²) in [5.41, 5.74) is 0. The van der Waals surface area contributed by atoms with E-state index in [-0.39, 0.29) is 6.10 Å². The van der Waals surface area contributed by atoms with Crippen LogP contribution in [0, 0.1) is 5.92 Å². The second kappa shape index (κ2) is 3.94. The van der Waals surface area contributed by atoms with Crippen molar-refractivity contribution in [2.24, 2.45) is 11.1 Å². The molecule has 0 aromatic carbocycles. The van der Waals surface area contributed by atoms with E-state index in [9.17, 15) is 8.42 Å². The average Bonchev–Trinajstić information content (AvgIpc) is 2.03. The minimum atomic E-state index is -3.37. The van der Waals surface area contributed by atoms with Gasteiger partial charge in [0.05, 0.1) is 11.4 Å². The molecule has 1 aliphatic heterocycles. The van der Waals surface area contributed by atoms with Crippen molar-refractivity contribution < 1.29 is 13.2 Å². The molecule has 4 nitrogen and oxygen atoms in total. The standard InChI is InChI=1S/C8H17NO3S/c1-6(2)8-5-7(3-4-12-8)13(9,10)11/h6-8H,3-5H2,1-2H3,(H2,9,10,11). The zero-order valence-electron chi connectivity index (χ0n) is 8.06. The molecule has 0 bridgehead atoms. The van der Waals surface area contributed by atoms with Crippen molar-refractivity contribution in [2.45, 2.75) is 38.0 Å². The Bertz CT molecular complexity index is 261. The van der Waals surface area contributed by atoms with Crippen LogP contribution in [0.1, 0.15) is 26.7 Å². The molecule has 1 saturated heterocycles. The maximum atomic E-state index is 11.1. The zero-order valence-corrected chi connectivity index (χ0v) is 8.88. The van der Waals surface area contributed by atoms with E-state index in [4.69, 9.17) is 9.88 Å². The Balaban J connectivity index is 2.62. The van der Waals surface area contributed by atoms with Gasteiger partial charge in [-0.05, 0) is 18.8 Å². The van der Waals surface area contributed by atoms with E-state index in [0.717, 1.165) is 0 Å². The Morgan fingerprint density at radius 3 is 2.54 bits per heavy atom. The summed E-state index contributed by atoms with van der Waals surface area (Å²) in [5.74, 6) is 0.351. The van der Waals surface area contributed by atoms with Gasteiger partial charge in [-0.3, -0.25) is 0 Å². The largest absolute Gasteiger partial charge is 0.378 e. The third kappa shape index (κ3) is 2.93. The Kier molecular flexibility index (Phi) is 3.32. The van der Waals surface area contributed by atoms with Gasteiger partial charge in [-0.2, -0.15) is 0 Å². The molecule has 1 rings (SSSR count). The van der Waals surface area contributed by atoms with Crippen LogP contribution in [0.3, 0.4) is 0 Å². The molecule has 0 amide bonds. The molecule has 0 spiro atoms. The van der Waals surface area contributed by atoms with Crippen LogP contribution in [-0.4, -0.2) is 26.4 Å². The summed E-state index contributed by atoms with van der Waals surface area (Å²) in [6.45, 7) is 4.55. The number of rotatable bonds is 2. The van der Waals surface area contributed by atoms with Crippen molar-refractivity contribution in [3.05, 3.63) is 0 Å². The van der Waals surface area contributed by atoms with Crippen LogP contribution in [0.5, 0.6) is 0 Å². The van der Waals surface area contributed by atoms with Crippen molar-refractivity contribution in [3.8, 4) is 0 Å². The van der Waals surface area contributed by atoms with Gasteiger partial charge < -0.3 is 4.74 Å². The monoisotopic (exact) mass is 207 g/mol. The van der Waals surface area contributed by atoms with E-state index in [1.807, 2.05) is 13.8 Å². The lowest BCUT2D eigenvalue weighted by Gasteiger charge is -2.30. The summed E-state index contributed by atoms with van der Waals surface area (Å²) in [5, 5.41) is 4.68. The van der Waals surface area contributed by atoms with E-state index in [1.165, 1.54) is 0 Å². The quantitative estimate of drug-likeness (QED) is 0.716. The Labute approximate surface area is 79.5 Å². The first kappa shape index (κ1) is 10.9. The summed E-state index contributed by atoms with van der Waals surface area (Å²) in [6.07, 6.45) is 1.11. The van der Waals surface area contributed by atoms with Crippen molar-refractivity contribution in [2.75, 3.05) is 6.61 Å². The number of ether oxygens (including phenoxy) is 1. The number of hydrogen-bond acceptors (Lipinski definition) is 3. The molecule has 1 fully saturated rings. The summed E-state index contributed by atoms with van der Waals surface area (Å²) in [7, 11) is -3.37. The zero-order chi connectivity index (χ0) is 10.1. The molecule has 0 aliphatic carbocycles. The van der Waals surface area contributed by atoms with Gasteiger partial charge in [-0.25, -0.2) is 13.6 Å². The molecular formula is C8H17NO3S. The molecule has 2 atom stereocenters. The molecule has 2 N–H and O–H groups in total. The number of hydrogen-bond donors (Lipinski definition) is 1. The highest BCUT2D eigenvalue weighted by atomic mass is 32.2. The molecule has 2 unspecified atom stereocenters. The molecule has 5 heteroatoms. The maximum Gasteiger partial charge on any atom is 0.212 e. The van der Waals surface area contributed by atoms with Crippen LogP contribution >= 0.6 is 0 Å². The van der Waals surface area contributed by atoms with E-state index in [0.29, 0.717) is 25.4 Å². The first-order valence-corrected chi connectivity index (χ1v) is 6.15. The molecule has 0 aromatic heterocycles. The van der Waals surface area contributed by atoms with Crippen molar-refractivity contribution in [1.82, 2.24) is 0 Å². The first-order valence-electron chi connectivity index (χ1n) is 4.54. The first-order chi connectivity index (χ1) is 5.91. The molecule has 78 valence electrons. The van der Waals surface area contributed by atoms with E-state index < -0.39 is 15.3 Å². The molecule has 1 aliphatic rings. The normalized spacial score (nSPS) is 30.8. The Morgan fingerprint density at radius 1 is 1.46 bits per heavy atom. The Hall–Kier alpha value is -0.130. The van der Waals surface area contributed by atoms with Crippen molar-refractivity contribution >= 4 is 10.0 Å². The fraction of sp³-hybridized carbons (Fsp3) is 1.00. The topological polar surface area (TPSA) is 69.4 Å². The number of sulfonamides is 1. The van der Waals surface area contributed by atoms with Crippen LogP contribution in [0.4, 0.5) is 0 Å². The van der Waals surface area contributed by atoms with E-state index >= 15 is 0 Å². The van der Waals surface area contributed by atoms with Crippen molar-refractivity contribution in [3.63, 3.8) is 0 Å². The summed E-state index contributed by atoms with van der Waals surface area (Å²) < 4.78 is 27.6. The van der Waals surface area contributed by atoms with Gasteiger partial charge in [0.2, 0.25) is 10.0 Å². The third-order valence-electron chi connectivity index (χ3n) is 2.48. The Morgan fingerprint density at radius 2 is 2.08 bits per heavy atom. The predicted molar refractivity (Wildman–Crippen MR) is 50.7 cm³/mol. The molecule has 1 heterocycles. The smallest absolute Gasteiger partial charge is 0.212 e. The molecular weight excluding hydrogens is 190 g/mol. The highest BCUT2D eigenvalue weighted by Crippen LogP contribution is 2.23. The molecule has 0 aromatic rings. The van der Waals surface area contributed by atoms with Crippen LogP contribution in [-0.2, 0) is 14.8 Å². The average molecular weight is 207 g/mol. The lowest BCUT2D eigenvalue weighted by molar-refractivity contribution is -0.01000. The van der Waals surface area contributed by atoms with Crippen LogP contribution in [0.15, 0.2) is 0 Å². The second-order valence-corrected chi connectivity index (χ2v) is 5.73. The lowest BCUT2D eigenvalue weighted by Crippen LogP contribution is -2.39. The van der Waals surface area contributed by atoms with Gasteiger partial charge in [0.15, 0.2) is 0 Å². The van der Waals surface area contributed by atoms with Gasteiger partial charge in [0.1, 0.15) is 0 Å². The van der Waals surface area contributed by atoms with Gasteiger partial charge >= 0.3 is 0 Å². The van der Waals surface area contributed by atoms with Crippen molar-refractivity contribution in [1.29, 1.82) is 0 Å². The molecule has 13 heavy (non-hydrogen) atoms. The molecule has 0 saturated carbocycles. The van der Waals surface area contributed by atoms with Gasteiger partial charge in [-0.15, -0.1) is 0 Å². The SMILES string of the molecule is CC(C)C1CC(S(N)(=O)=O)CCO1. The summed E-state index contributed by atoms with van der Waals surface area (Å²) in [4.78, 5) is 0. The van der Waals surface area contributed by atoms with Crippen LogP contribution in [0.25, 0.3) is 0 Å². The van der Waals surface area contributed by atoms with Crippen LogP contribution in [0.2, 0.25) is 0 Å². The fourth-order valence-electron chi connectivity index (χ4n) is 1.56. The highest BCUT2D eigenvalue weighted by molar-refractivity contribution is 7.89. The molecule has 0 radical (unpaired) electrons. The lowest BCUT2D eigenvalue weighted by atomic mass is 9.99. The van der Waals surface area contributed by atoms with E-state index in [2.05, 4.69) is 0 Å². The number of nitrogens with two attached hydrogens (primary N) is 1. The highest BCUT2D eigenvalue weighted by Gasteiger charge is 2.31. The van der Waals surface area contributed by atoms with Gasteiger partial charge in [0, 0.05) is 6.61 Å². The summed E-state index contributed by atoms with van der Waals surface area (Å²) in [6, 6.07) is 0. The fourth-order valence-corrected chi connectivity index (χ4v) is 2.44. The minimum absolute atomic E-state index is 0.0390. The predicted octanol–water partition coefficient (Wildman–Crippen LogP) is 0.479. The summed E-state index contributed by atoms with van der Waals surface area (Å²) >= 11 is 0. The van der Waals surface area contributed by atoms with Gasteiger partial charge in [0.25, 0.3) is 0 Å². The second-order valence-electron chi connectivity index (χ2n) is 3.89. The van der Waals surface area contributed by atoms with E-state index in [1.54, 1.807) is 0 Å². The number of primary sulfonamides is 1. The van der Waals surface area contributed by atoms with Gasteiger partial charge in [-0.1, -0.05) is 13.8 Å². The third-order valence-corrected chi connectivity index (χ3v) is 3.83. The van der Waals surface area contributed by atoms with Crippen LogP contribution < -0.4 is 5.14 Å².